The summed E-state index contributed by atoms with van der Waals surface area (Å²) in [6, 6.07) is 7.75. The Labute approximate surface area is 125 Å². The van der Waals surface area contributed by atoms with Gasteiger partial charge in [0.1, 0.15) is 6.54 Å². The molecule has 1 amide bonds. The van der Waals surface area contributed by atoms with E-state index in [4.69, 9.17) is 0 Å². The number of nitrogens with one attached hydrogen (secondary N) is 2. The van der Waals surface area contributed by atoms with E-state index in [1.54, 1.807) is 4.68 Å². The molecular weight excluding hydrogens is 264 g/mol. The van der Waals surface area contributed by atoms with Crippen molar-refractivity contribution in [1.82, 2.24) is 15.1 Å². The molecule has 0 saturated heterocycles. The standard InChI is InChI=1S/C16H22N4O/c1-11-7-5-6-8-15(11)18-16(21)10-20-13(3)14(9-17-4)12(2)19-20/h5-8,17H,9-10H2,1-4H3,(H,18,21). The third kappa shape index (κ3) is 3.49. The summed E-state index contributed by atoms with van der Waals surface area (Å²) < 4.78 is 1.76. The Morgan fingerprint density at radius 1 is 1.24 bits per heavy atom. The van der Waals surface area contributed by atoms with Crippen molar-refractivity contribution in [3.8, 4) is 0 Å². The number of rotatable bonds is 5. The molecule has 1 aromatic heterocycles. The minimum absolute atomic E-state index is 0.0640. The summed E-state index contributed by atoms with van der Waals surface area (Å²) in [5, 5.41) is 10.5. The zero-order valence-electron chi connectivity index (χ0n) is 13.0. The Morgan fingerprint density at radius 3 is 2.62 bits per heavy atom. The molecule has 1 aromatic carbocycles. The average Bonchev–Trinajstić information content (AvgIpc) is 2.69. The summed E-state index contributed by atoms with van der Waals surface area (Å²) in [5.41, 5.74) is 5.04. The van der Waals surface area contributed by atoms with Gasteiger partial charge in [-0.05, 0) is 39.4 Å². The number of carbonyl (C=O) groups is 1. The Hall–Kier alpha value is -2.14. The molecule has 0 aliphatic heterocycles. The maximum atomic E-state index is 12.2. The van der Waals surface area contributed by atoms with Crippen LogP contribution in [0.1, 0.15) is 22.5 Å². The van der Waals surface area contributed by atoms with Gasteiger partial charge in [-0.25, -0.2) is 0 Å². The SMILES string of the molecule is CNCc1c(C)nn(CC(=O)Nc2ccccc2C)c1C. The molecule has 2 aromatic rings. The first-order chi connectivity index (χ1) is 10.0. The Kier molecular flexibility index (Phi) is 4.75. The van der Waals surface area contributed by atoms with Crippen LogP contribution in [0.25, 0.3) is 0 Å². The fourth-order valence-corrected chi connectivity index (χ4v) is 2.36. The van der Waals surface area contributed by atoms with Crippen LogP contribution in [0.3, 0.4) is 0 Å². The van der Waals surface area contributed by atoms with Gasteiger partial charge in [-0.3, -0.25) is 9.48 Å². The van der Waals surface area contributed by atoms with Crippen LogP contribution < -0.4 is 10.6 Å². The van der Waals surface area contributed by atoms with Crippen molar-refractivity contribution in [2.45, 2.75) is 33.9 Å². The first-order valence-corrected chi connectivity index (χ1v) is 7.06. The highest BCUT2D eigenvalue weighted by molar-refractivity contribution is 5.91. The van der Waals surface area contributed by atoms with E-state index in [2.05, 4.69) is 15.7 Å². The van der Waals surface area contributed by atoms with Gasteiger partial charge in [0.2, 0.25) is 5.91 Å². The second-order valence-electron chi connectivity index (χ2n) is 5.20. The van der Waals surface area contributed by atoms with Crippen molar-refractivity contribution in [3.63, 3.8) is 0 Å². The van der Waals surface area contributed by atoms with Crippen LogP contribution in [0.5, 0.6) is 0 Å². The molecule has 0 saturated carbocycles. The van der Waals surface area contributed by atoms with Crippen molar-refractivity contribution in [1.29, 1.82) is 0 Å². The van der Waals surface area contributed by atoms with E-state index >= 15 is 0 Å². The molecule has 0 aliphatic carbocycles. The highest BCUT2D eigenvalue weighted by atomic mass is 16.2. The van der Waals surface area contributed by atoms with Gasteiger partial charge in [-0.1, -0.05) is 18.2 Å². The third-order valence-corrected chi connectivity index (χ3v) is 3.60. The number of benzene rings is 1. The number of nitrogens with zero attached hydrogens (tertiary/aromatic N) is 2. The van der Waals surface area contributed by atoms with Gasteiger partial charge in [-0.15, -0.1) is 0 Å². The molecule has 5 nitrogen and oxygen atoms in total. The van der Waals surface area contributed by atoms with Gasteiger partial charge < -0.3 is 10.6 Å². The van der Waals surface area contributed by atoms with E-state index in [-0.39, 0.29) is 12.5 Å². The number of aryl methyl sites for hydroxylation is 2. The van der Waals surface area contributed by atoms with Gasteiger partial charge in [0.05, 0.1) is 5.69 Å². The monoisotopic (exact) mass is 286 g/mol. The summed E-state index contributed by atoms with van der Waals surface area (Å²) >= 11 is 0. The zero-order chi connectivity index (χ0) is 15.4. The fourth-order valence-electron chi connectivity index (χ4n) is 2.36. The zero-order valence-corrected chi connectivity index (χ0v) is 13.0. The molecule has 0 fully saturated rings. The molecule has 112 valence electrons. The number of hydrogen-bond donors (Lipinski definition) is 2. The Balaban J connectivity index is 2.10. The van der Waals surface area contributed by atoms with Crippen LogP contribution in [0.15, 0.2) is 24.3 Å². The van der Waals surface area contributed by atoms with Crippen LogP contribution in [0.2, 0.25) is 0 Å². The number of carbonyl (C=O) groups excluding carboxylic acids is 1. The number of anilines is 1. The summed E-state index contributed by atoms with van der Waals surface area (Å²) in [6.07, 6.45) is 0. The Morgan fingerprint density at radius 2 is 1.95 bits per heavy atom. The summed E-state index contributed by atoms with van der Waals surface area (Å²) in [4.78, 5) is 12.2. The maximum absolute atomic E-state index is 12.2. The van der Waals surface area contributed by atoms with E-state index < -0.39 is 0 Å². The second-order valence-corrected chi connectivity index (χ2v) is 5.20. The first kappa shape index (κ1) is 15.3. The lowest BCUT2D eigenvalue weighted by atomic mass is 10.2. The molecule has 21 heavy (non-hydrogen) atoms. The molecule has 2 rings (SSSR count). The maximum Gasteiger partial charge on any atom is 0.246 e. The topological polar surface area (TPSA) is 59.0 Å². The van der Waals surface area contributed by atoms with Crippen molar-refractivity contribution in [2.24, 2.45) is 0 Å². The number of amides is 1. The summed E-state index contributed by atoms with van der Waals surface area (Å²) in [7, 11) is 1.90. The molecule has 5 heteroatoms. The van der Waals surface area contributed by atoms with Gasteiger partial charge >= 0.3 is 0 Å². The average molecular weight is 286 g/mol. The highest BCUT2D eigenvalue weighted by Gasteiger charge is 2.13. The number of para-hydroxylation sites is 1. The van der Waals surface area contributed by atoms with Crippen LogP contribution in [-0.2, 0) is 17.9 Å². The quantitative estimate of drug-likeness (QED) is 0.885. The lowest BCUT2D eigenvalue weighted by Gasteiger charge is -2.09. The first-order valence-electron chi connectivity index (χ1n) is 7.06. The van der Waals surface area contributed by atoms with Crippen LogP contribution in [-0.4, -0.2) is 22.7 Å². The molecule has 1 heterocycles. The molecule has 0 atom stereocenters. The lowest BCUT2D eigenvalue weighted by molar-refractivity contribution is -0.116. The number of hydrogen-bond acceptors (Lipinski definition) is 3. The van der Waals surface area contributed by atoms with Crippen molar-refractivity contribution < 1.29 is 4.79 Å². The van der Waals surface area contributed by atoms with Gasteiger partial charge in [-0.2, -0.15) is 5.10 Å². The predicted octanol–water partition coefficient (Wildman–Crippen LogP) is 2.17. The van der Waals surface area contributed by atoms with Crippen LogP contribution >= 0.6 is 0 Å². The van der Waals surface area contributed by atoms with Crippen molar-refractivity contribution in [3.05, 3.63) is 46.8 Å². The highest BCUT2D eigenvalue weighted by Crippen LogP contribution is 2.15. The van der Waals surface area contributed by atoms with E-state index in [1.807, 2.05) is 52.1 Å². The summed E-state index contributed by atoms with van der Waals surface area (Å²) in [6.45, 7) is 6.93. The smallest absolute Gasteiger partial charge is 0.246 e. The molecule has 0 bridgehead atoms. The lowest BCUT2D eigenvalue weighted by Crippen LogP contribution is -2.21. The van der Waals surface area contributed by atoms with E-state index in [0.29, 0.717) is 0 Å². The minimum Gasteiger partial charge on any atom is -0.324 e. The molecule has 0 spiro atoms. The fraction of sp³-hybridized carbons (Fsp3) is 0.375. The molecular formula is C16H22N4O. The van der Waals surface area contributed by atoms with E-state index in [9.17, 15) is 4.79 Å². The minimum atomic E-state index is -0.0640. The van der Waals surface area contributed by atoms with Gasteiger partial charge in [0.25, 0.3) is 0 Å². The summed E-state index contributed by atoms with van der Waals surface area (Å²) in [5.74, 6) is -0.0640. The number of aromatic nitrogens is 2. The van der Waals surface area contributed by atoms with E-state index in [1.165, 1.54) is 0 Å². The van der Waals surface area contributed by atoms with Crippen molar-refractivity contribution in [2.75, 3.05) is 12.4 Å². The van der Waals surface area contributed by atoms with Crippen LogP contribution in [0, 0.1) is 20.8 Å². The Bertz CT molecular complexity index is 646. The molecule has 0 aliphatic rings. The van der Waals surface area contributed by atoms with Crippen LogP contribution in [0.4, 0.5) is 5.69 Å². The molecule has 2 N–H and O–H groups in total. The second kappa shape index (κ2) is 6.54. The largest absolute Gasteiger partial charge is 0.324 e. The van der Waals surface area contributed by atoms with Gasteiger partial charge in [0, 0.05) is 23.5 Å². The predicted molar refractivity (Wildman–Crippen MR) is 84.3 cm³/mol. The van der Waals surface area contributed by atoms with Gasteiger partial charge in [0.15, 0.2) is 0 Å². The van der Waals surface area contributed by atoms with E-state index in [0.717, 1.165) is 34.7 Å². The molecule has 0 radical (unpaired) electrons. The van der Waals surface area contributed by atoms with Crippen molar-refractivity contribution >= 4 is 11.6 Å². The normalized spacial score (nSPS) is 10.7. The molecule has 0 unspecified atom stereocenters. The third-order valence-electron chi connectivity index (χ3n) is 3.60.